The predicted molar refractivity (Wildman–Crippen MR) is 121 cm³/mol. The lowest BCUT2D eigenvalue weighted by Gasteiger charge is -2.20. The van der Waals surface area contributed by atoms with Gasteiger partial charge in [0.05, 0.1) is 12.2 Å². The number of ether oxygens (including phenoxy) is 2. The van der Waals surface area contributed by atoms with E-state index in [1.165, 1.54) is 0 Å². The van der Waals surface area contributed by atoms with Gasteiger partial charge in [0.25, 0.3) is 10.1 Å². The highest BCUT2D eigenvalue weighted by molar-refractivity contribution is 7.86. The maximum atomic E-state index is 13.2. The SMILES string of the molecule is CCCCOc1cc(C)c(C(=O)Oc2c(C)c(C)c(S(=O)(=O)O)c(C)c2C)c(C)c1C. The Balaban J connectivity index is 2.51. The van der Waals surface area contributed by atoms with Crippen LogP contribution in [0.25, 0.3) is 0 Å². The summed E-state index contributed by atoms with van der Waals surface area (Å²) in [6.07, 6.45) is 1.99. The van der Waals surface area contributed by atoms with E-state index >= 15 is 0 Å². The summed E-state index contributed by atoms with van der Waals surface area (Å²) in [6, 6.07) is 1.85. The van der Waals surface area contributed by atoms with Gasteiger partial charge in [0.1, 0.15) is 16.4 Å². The van der Waals surface area contributed by atoms with E-state index in [2.05, 4.69) is 6.92 Å². The molecule has 2 rings (SSSR count). The summed E-state index contributed by atoms with van der Waals surface area (Å²) >= 11 is 0. The average molecular weight is 449 g/mol. The van der Waals surface area contributed by atoms with Gasteiger partial charge in [-0.2, -0.15) is 8.42 Å². The molecule has 6 nitrogen and oxygen atoms in total. The van der Waals surface area contributed by atoms with E-state index in [0.717, 1.165) is 35.3 Å². The van der Waals surface area contributed by atoms with Crippen LogP contribution < -0.4 is 9.47 Å². The number of rotatable bonds is 7. The fraction of sp³-hybridized carbons (Fsp3) is 0.458. The molecule has 0 atom stereocenters. The normalized spacial score (nSPS) is 11.5. The number of hydrogen-bond acceptors (Lipinski definition) is 5. The Bertz CT molecular complexity index is 1100. The fourth-order valence-electron chi connectivity index (χ4n) is 3.76. The molecule has 0 amide bonds. The zero-order valence-corrected chi connectivity index (χ0v) is 20.4. The molecule has 0 aliphatic rings. The van der Waals surface area contributed by atoms with Gasteiger partial charge < -0.3 is 9.47 Å². The maximum Gasteiger partial charge on any atom is 0.344 e. The van der Waals surface area contributed by atoms with Crippen molar-refractivity contribution in [3.8, 4) is 11.5 Å². The van der Waals surface area contributed by atoms with Gasteiger partial charge in [-0.3, -0.25) is 4.55 Å². The minimum Gasteiger partial charge on any atom is -0.493 e. The highest BCUT2D eigenvalue weighted by Gasteiger charge is 2.26. The molecule has 0 radical (unpaired) electrons. The third kappa shape index (κ3) is 4.93. The van der Waals surface area contributed by atoms with Crippen molar-refractivity contribution in [1.29, 1.82) is 0 Å². The van der Waals surface area contributed by atoms with Gasteiger partial charge in [0, 0.05) is 0 Å². The molecule has 0 heterocycles. The molecule has 0 spiro atoms. The number of aryl methyl sites for hydroxylation is 1. The largest absolute Gasteiger partial charge is 0.493 e. The van der Waals surface area contributed by atoms with Crippen LogP contribution in [0.1, 0.15) is 69.1 Å². The van der Waals surface area contributed by atoms with E-state index < -0.39 is 16.1 Å². The lowest BCUT2D eigenvalue weighted by atomic mass is 9.97. The van der Waals surface area contributed by atoms with E-state index in [0.29, 0.717) is 40.2 Å². The van der Waals surface area contributed by atoms with Crippen LogP contribution in [0.2, 0.25) is 0 Å². The molecule has 0 fully saturated rings. The van der Waals surface area contributed by atoms with Crippen LogP contribution in [-0.4, -0.2) is 25.5 Å². The van der Waals surface area contributed by atoms with Crippen LogP contribution in [0, 0.1) is 48.5 Å². The second-order valence-electron chi connectivity index (χ2n) is 8.04. The molecule has 170 valence electrons. The van der Waals surface area contributed by atoms with Gasteiger partial charge in [-0.05, 0) is 99.9 Å². The van der Waals surface area contributed by atoms with E-state index in [1.54, 1.807) is 27.7 Å². The Kier molecular flexibility index (Phi) is 7.55. The Morgan fingerprint density at radius 1 is 0.903 bits per heavy atom. The molecular formula is C24H32O6S. The molecule has 0 aliphatic heterocycles. The lowest BCUT2D eigenvalue weighted by molar-refractivity contribution is 0.0730. The minimum absolute atomic E-state index is 0.140. The highest BCUT2D eigenvalue weighted by atomic mass is 32.2. The first kappa shape index (κ1) is 24.9. The average Bonchev–Trinajstić information content (AvgIpc) is 2.66. The standard InChI is InChI=1S/C24H32O6S/c1-9-10-11-29-20-12-13(2)21(15(4)14(20)3)24(25)30-22-16(5)18(7)23(31(26,27)28)19(8)17(22)6/h12H,9-11H2,1-8H3,(H,26,27,28). The molecule has 0 bridgehead atoms. The van der Waals surface area contributed by atoms with Crippen molar-refractivity contribution in [3.63, 3.8) is 0 Å². The van der Waals surface area contributed by atoms with Crippen molar-refractivity contribution in [1.82, 2.24) is 0 Å². The molecule has 0 unspecified atom stereocenters. The molecule has 1 N–H and O–H groups in total. The van der Waals surface area contributed by atoms with Crippen LogP contribution in [0.4, 0.5) is 0 Å². The van der Waals surface area contributed by atoms with Crippen molar-refractivity contribution in [2.75, 3.05) is 6.61 Å². The third-order valence-corrected chi connectivity index (χ3v) is 7.08. The first-order valence-corrected chi connectivity index (χ1v) is 11.8. The van der Waals surface area contributed by atoms with E-state index in [9.17, 15) is 17.8 Å². The number of esters is 1. The molecule has 0 saturated carbocycles. The van der Waals surface area contributed by atoms with Gasteiger partial charge in [-0.15, -0.1) is 0 Å². The second-order valence-corrected chi connectivity index (χ2v) is 9.40. The second kappa shape index (κ2) is 9.40. The van der Waals surface area contributed by atoms with E-state index in [-0.39, 0.29) is 4.90 Å². The number of carbonyl (C=O) groups is 1. The maximum absolute atomic E-state index is 13.2. The first-order valence-electron chi connectivity index (χ1n) is 10.4. The van der Waals surface area contributed by atoms with Crippen LogP contribution in [-0.2, 0) is 10.1 Å². The number of unbranched alkanes of at least 4 members (excludes halogenated alkanes) is 1. The zero-order valence-electron chi connectivity index (χ0n) is 19.6. The van der Waals surface area contributed by atoms with Crippen molar-refractivity contribution in [3.05, 3.63) is 50.6 Å². The summed E-state index contributed by atoms with van der Waals surface area (Å²) in [6.45, 7) is 14.9. The first-order chi connectivity index (χ1) is 14.3. The summed E-state index contributed by atoms with van der Waals surface area (Å²) in [5.41, 5.74) is 4.60. The van der Waals surface area contributed by atoms with Crippen LogP contribution in [0.5, 0.6) is 11.5 Å². The molecule has 2 aromatic carbocycles. The third-order valence-electron chi connectivity index (χ3n) is 5.95. The van der Waals surface area contributed by atoms with Gasteiger partial charge >= 0.3 is 5.97 Å². The molecule has 0 saturated heterocycles. The van der Waals surface area contributed by atoms with Crippen LogP contribution in [0.3, 0.4) is 0 Å². The Morgan fingerprint density at radius 2 is 1.45 bits per heavy atom. The van der Waals surface area contributed by atoms with Gasteiger partial charge in [0.2, 0.25) is 0 Å². The number of hydrogen-bond donors (Lipinski definition) is 1. The molecule has 0 aliphatic carbocycles. The van der Waals surface area contributed by atoms with Crippen molar-refractivity contribution in [2.24, 2.45) is 0 Å². The fourth-order valence-corrected chi connectivity index (χ4v) is 4.84. The van der Waals surface area contributed by atoms with Crippen LogP contribution in [0.15, 0.2) is 11.0 Å². The van der Waals surface area contributed by atoms with Gasteiger partial charge in [0.15, 0.2) is 0 Å². The summed E-state index contributed by atoms with van der Waals surface area (Å²) < 4.78 is 44.9. The van der Waals surface area contributed by atoms with Crippen LogP contribution >= 0.6 is 0 Å². The number of carbonyl (C=O) groups excluding carboxylic acids is 1. The monoisotopic (exact) mass is 448 g/mol. The smallest absolute Gasteiger partial charge is 0.344 e. The summed E-state index contributed by atoms with van der Waals surface area (Å²) in [5, 5.41) is 0. The van der Waals surface area contributed by atoms with E-state index in [1.807, 2.05) is 26.8 Å². The van der Waals surface area contributed by atoms with Crippen molar-refractivity contribution in [2.45, 2.75) is 73.1 Å². The quantitative estimate of drug-likeness (QED) is 0.261. The summed E-state index contributed by atoms with van der Waals surface area (Å²) in [7, 11) is -4.39. The summed E-state index contributed by atoms with van der Waals surface area (Å²) in [4.78, 5) is 13.0. The molecular weight excluding hydrogens is 416 g/mol. The zero-order chi connectivity index (χ0) is 23.7. The Morgan fingerprint density at radius 3 is 1.94 bits per heavy atom. The number of benzene rings is 2. The molecule has 2 aromatic rings. The van der Waals surface area contributed by atoms with Crippen molar-refractivity contribution >= 4 is 16.1 Å². The van der Waals surface area contributed by atoms with Gasteiger partial charge in [-0.1, -0.05) is 13.3 Å². The Hall–Kier alpha value is -2.38. The van der Waals surface area contributed by atoms with Gasteiger partial charge in [-0.25, -0.2) is 4.79 Å². The molecule has 7 heteroatoms. The summed E-state index contributed by atoms with van der Waals surface area (Å²) in [5.74, 6) is 0.562. The molecule has 0 aromatic heterocycles. The Labute approximate surface area is 185 Å². The van der Waals surface area contributed by atoms with Crippen molar-refractivity contribution < 1.29 is 27.2 Å². The minimum atomic E-state index is -4.39. The predicted octanol–water partition coefficient (Wildman–Crippen LogP) is 5.49. The van der Waals surface area contributed by atoms with E-state index in [4.69, 9.17) is 9.47 Å². The lowest BCUT2D eigenvalue weighted by Crippen LogP contribution is -2.17. The highest BCUT2D eigenvalue weighted by Crippen LogP contribution is 2.36. The molecule has 31 heavy (non-hydrogen) atoms. The topological polar surface area (TPSA) is 89.9 Å².